The van der Waals surface area contributed by atoms with Gasteiger partial charge in [-0.2, -0.15) is 0 Å². The Kier molecular flexibility index (Phi) is 58.5. The van der Waals surface area contributed by atoms with Crippen LogP contribution in [0.25, 0.3) is 0 Å². The van der Waals surface area contributed by atoms with E-state index in [2.05, 4.69) is 31.3 Å². The van der Waals surface area contributed by atoms with Crippen LogP contribution in [0.4, 0.5) is 0 Å². The van der Waals surface area contributed by atoms with Crippen LogP contribution in [0.2, 0.25) is 0 Å². The number of carbonyl (C=O) groups is 2. The minimum atomic E-state index is -0.848. The van der Waals surface area contributed by atoms with Gasteiger partial charge in [0.05, 0.1) is 25.4 Å². The molecule has 0 aliphatic rings. The molecule has 0 heterocycles. The van der Waals surface area contributed by atoms with Gasteiger partial charge in [0.1, 0.15) is 0 Å². The molecule has 2 atom stereocenters. The van der Waals surface area contributed by atoms with Crippen molar-refractivity contribution < 1.29 is 24.5 Å². The highest BCUT2D eigenvalue weighted by molar-refractivity contribution is 5.76. The van der Waals surface area contributed by atoms with E-state index in [1.54, 1.807) is 6.08 Å². The summed E-state index contributed by atoms with van der Waals surface area (Å²) < 4.78 is 5.49. The molecule has 6 heteroatoms. The maximum atomic E-state index is 12.5. The van der Waals surface area contributed by atoms with Gasteiger partial charge in [0.25, 0.3) is 0 Å². The number of rotatable bonds is 59. The van der Waals surface area contributed by atoms with Crippen molar-refractivity contribution in [3.8, 4) is 0 Å². The zero-order valence-electron chi connectivity index (χ0n) is 47.3. The molecule has 414 valence electrons. The first kappa shape index (κ1) is 68.3. The molecular formula is C64H123NO5. The molecule has 0 aromatic heterocycles. The first-order valence-electron chi connectivity index (χ1n) is 31.6. The number of hydrogen-bond donors (Lipinski definition) is 3. The molecule has 0 saturated carbocycles. The average molecular weight is 987 g/mol. The summed E-state index contributed by atoms with van der Waals surface area (Å²) in [6.07, 6.45) is 73.6. The lowest BCUT2D eigenvalue weighted by atomic mass is 10.0. The zero-order chi connectivity index (χ0) is 50.7. The molecule has 1 amide bonds. The molecule has 0 fully saturated rings. The fourth-order valence-corrected chi connectivity index (χ4v) is 9.87. The van der Waals surface area contributed by atoms with Gasteiger partial charge < -0.3 is 20.3 Å². The topological polar surface area (TPSA) is 95.9 Å². The lowest BCUT2D eigenvalue weighted by molar-refractivity contribution is -0.143. The Labute approximate surface area is 437 Å². The van der Waals surface area contributed by atoms with E-state index in [1.165, 1.54) is 276 Å². The van der Waals surface area contributed by atoms with Gasteiger partial charge in [-0.05, 0) is 57.8 Å². The minimum Gasteiger partial charge on any atom is -0.466 e. The molecule has 0 aromatic carbocycles. The quantitative estimate of drug-likeness (QED) is 0.0321. The Balaban J connectivity index is 3.43. The molecule has 2 unspecified atom stereocenters. The van der Waals surface area contributed by atoms with Crippen LogP contribution in [0.15, 0.2) is 24.3 Å². The van der Waals surface area contributed by atoms with Crippen LogP contribution in [-0.2, 0) is 14.3 Å². The van der Waals surface area contributed by atoms with E-state index in [1.807, 2.05) is 6.08 Å². The normalized spacial score (nSPS) is 12.7. The van der Waals surface area contributed by atoms with Crippen molar-refractivity contribution in [1.29, 1.82) is 0 Å². The largest absolute Gasteiger partial charge is 0.466 e. The Morgan fingerprint density at radius 1 is 0.386 bits per heavy atom. The number of ether oxygens (including phenoxy) is 1. The molecule has 70 heavy (non-hydrogen) atoms. The standard InChI is InChI=1S/C64H123NO5/c1-3-5-7-9-11-13-15-17-19-29-32-36-40-44-48-52-56-62(67)61(60-66)65-63(68)57-53-49-45-41-37-33-30-26-24-22-20-21-23-25-27-31-35-39-43-47-51-55-59-70-64(69)58-54-50-46-42-38-34-28-18-16-14-12-10-8-6-4-2/h22,24,52,56,61-62,66-67H,3-21,23,25-51,53-55,57-60H2,1-2H3,(H,65,68)/b24-22-,56-52+. The Morgan fingerprint density at radius 3 is 1.01 bits per heavy atom. The highest BCUT2D eigenvalue weighted by Crippen LogP contribution is 2.17. The fraction of sp³-hybridized carbons (Fsp3) is 0.906. The van der Waals surface area contributed by atoms with E-state index < -0.39 is 12.1 Å². The highest BCUT2D eigenvalue weighted by atomic mass is 16.5. The molecule has 0 aromatic rings. The zero-order valence-corrected chi connectivity index (χ0v) is 47.3. The number of hydrogen-bond acceptors (Lipinski definition) is 5. The summed E-state index contributed by atoms with van der Waals surface area (Å²) in [4.78, 5) is 24.5. The van der Waals surface area contributed by atoms with Gasteiger partial charge in [-0.1, -0.05) is 301 Å². The molecule has 0 aliphatic heterocycles. The van der Waals surface area contributed by atoms with Crippen LogP contribution in [0.3, 0.4) is 0 Å². The number of esters is 1. The first-order chi connectivity index (χ1) is 34.5. The van der Waals surface area contributed by atoms with E-state index in [9.17, 15) is 19.8 Å². The predicted molar refractivity (Wildman–Crippen MR) is 306 cm³/mol. The lowest BCUT2D eigenvalue weighted by Gasteiger charge is -2.20. The van der Waals surface area contributed by atoms with Crippen LogP contribution >= 0.6 is 0 Å². The summed E-state index contributed by atoms with van der Waals surface area (Å²) in [5.41, 5.74) is 0. The summed E-state index contributed by atoms with van der Waals surface area (Å²) in [7, 11) is 0. The molecule has 0 bridgehead atoms. The molecule has 3 N–H and O–H groups in total. The second-order valence-electron chi connectivity index (χ2n) is 21.7. The summed E-state index contributed by atoms with van der Waals surface area (Å²) in [5.74, 6) is -0.0603. The number of carbonyl (C=O) groups excluding carboxylic acids is 2. The van der Waals surface area contributed by atoms with Gasteiger partial charge >= 0.3 is 5.97 Å². The van der Waals surface area contributed by atoms with Gasteiger partial charge in [-0.25, -0.2) is 0 Å². The van der Waals surface area contributed by atoms with Gasteiger partial charge in [0.2, 0.25) is 5.91 Å². The summed E-state index contributed by atoms with van der Waals surface area (Å²) in [6, 6.07) is -0.633. The van der Waals surface area contributed by atoms with E-state index in [0.29, 0.717) is 19.4 Å². The van der Waals surface area contributed by atoms with Gasteiger partial charge in [-0.15, -0.1) is 0 Å². The Hall–Kier alpha value is -1.66. The third-order valence-electron chi connectivity index (χ3n) is 14.7. The molecular weight excluding hydrogens is 863 g/mol. The maximum absolute atomic E-state index is 12.5. The molecule has 0 rings (SSSR count). The lowest BCUT2D eigenvalue weighted by Crippen LogP contribution is -2.45. The number of nitrogens with one attached hydrogen (secondary N) is 1. The van der Waals surface area contributed by atoms with Crippen LogP contribution in [0.1, 0.15) is 348 Å². The van der Waals surface area contributed by atoms with Gasteiger partial charge in [0.15, 0.2) is 0 Å². The second kappa shape index (κ2) is 59.9. The molecule has 0 saturated heterocycles. The van der Waals surface area contributed by atoms with E-state index in [0.717, 1.165) is 44.9 Å². The van der Waals surface area contributed by atoms with Crippen LogP contribution in [0.5, 0.6) is 0 Å². The van der Waals surface area contributed by atoms with Gasteiger partial charge in [0, 0.05) is 12.8 Å². The number of aliphatic hydroxyl groups is 2. The molecule has 0 spiro atoms. The summed E-state index contributed by atoms with van der Waals surface area (Å²) in [5, 5.41) is 23.1. The van der Waals surface area contributed by atoms with Crippen LogP contribution in [0, 0.1) is 0 Å². The van der Waals surface area contributed by atoms with E-state index in [-0.39, 0.29) is 18.5 Å². The molecule has 0 radical (unpaired) electrons. The van der Waals surface area contributed by atoms with E-state index >= 15 is 0 Å². The summed E-state index contributed by atoms with van der Waals surface area (Å²) >= 11 is 0. The van der Waals surface area contributed by atoms with E-state index in [4.69, 9.17) is 4.74 Å². The second-order valence-corrected chi connectivity index (χ2v) is 21.7. The molecule has 6 nitrogen and oxygen atoms in total. The summed E-state index contributed by atoms with van der Waals surface area (Å²) in [6.45, 7) is 4.92. The monoisotopic (exact) mass is 986 g/mol. The number of unbranched alkanes of at least 4 members (excludes halogenated alkanes) is 46. The van der Waals surface area contributed by atoms with Crippen LogP contribution < -0.4 is 5.32 Å². The maximum Gasteiger partial charge on any atom is 0.305 e. The predicted octanol–water partition coefficient (Wildman–Crippen LogP) is 19.8. The van der Waals surface area contributed by atoms with Crippen molar-refractivity contribution in [3.05, 3.63) is 24.3 Å². The van der Waals surface area contributed by atoms with Crippen molar-refractivity contribution in [2.75, 3.05) is 13.2 Å². The van der Waals surface area contributed by atoms with Crippen molar-refractivity contribution in [2.45, 2.75) is 360 Å². The SMILES string of the molecule is CCCCCCCCCCCCCCCC/C=C/C(O)C(CO)NC(=O)CCCCCCCCC/C=C\CCCCCCCCCCCCCOC(=O)CCCCCCCCCCCCCCCCC. The number of aliphatic hydroxyl groups excluding tert-OH is 2. The number of amides is 1. The number of allylic oxidation sites excluding steroid dienone is 3. The smallest absolute Gasteiger partial charge is 0.305 e. The van der Waals surface area contributed by atoms with Gasteiger partial charge in [-0.3, -0.25) is 9.59 Å². The Morgan fingerprint density at radius 2 is 0.671 bits per heavy atom. The Bertz CT molecular complexity index is 1090. The van der Waals surface area contributed by atoms with Crippen molar-refractivity contribution >= 4 is 11.9 Å². The average Bonchev–Trinajstić information content (AvgIpc) is 3.36. The first-order valence-corrected chi connectivity index (χ1v) is 31.6. The highest BCUT2D eigenvalue weighted by Gasteiger charge is 2.18. The van der Waals surface area contributed by atoms with Crippen LogP contribution in [-0.4, -0.2) is 47.4 Å². The fourth-order valence-electron chi connectivity index (χ4n) is 9.87. The van der Waals surface area contributed by atoms with Crippen molar-refractivity contribution in [3.63, 3.8) is 0 Å². The third kappa shape index (κ3) is 55.7. The molecule has 0 aliphatic carbocycles. The minimum absolute atomic E-state index is 0.0127. The van der Waals surface area contributed by atoms with Crippen molar-refractivity contribution in [2.24, 2.45) is 0 Å². The third-order valence-corrected chi connectivity index (χ3v) is 14.7. The van der Waals surface area contributed by atoms with Crippen molar-refractivity contribution in [1.82, 2.24) is 5.32 Å².